The van der Waals surface area contributed by atoms with Crippen molar-refractivity contribution in [2.45, 2.75) is 13.3 Å². The molecule has 94 valence electrons. The molecule has 17 heavy (non-hydrogen) atoms. The molecule has 1 aromatic heterocycles. The van der Waals surface area contributed by atoms with E-state index >= 15 is 0 Å². The lowest BCUT2D eigenvalue weighted by molar-refractivity contribution is -0.142. The van der Waals surface area contributed by atoms with Crippen LogP contribution in [0.3, 0.4) is 0 Å². The molecule has 1 aromatic rings. The van der Waals surface area contributed by atoms with E-state index in [1.165, 1.54) is 7.11 Å². The van der Waals surface area contributed by atoms with Crippen LogP contribution < -0.4 is 10.1 Å². The van der Waals surface area contributed by atoms with E-state index in [9.17, 15) is 4.79 Å². The predicted molar refractivity (Wildman–Crippen MR) is 66.0 cm³/mol. The van der Waals surface area contributed by atoms with Crippen molar-refractivity contribution in [1.29, 1.82) is 0 Å². The predicted octanol–water partition coefficient (Wildman–Crippen LogP) is 1.61. The van der Waals surface area contributed by atoms with E-state index in [0.717, 1.165) is 0 Å². The molecular formula is C10H14BrN3O3. The van der Waals surface area contributed by atoms with Gasteiger partial charge >= 0.3 is 5.97 Å². The largest absolute Gasteiger partial charge is 0.480 e. The number of anilines is 1. The molecule has 0 amide bonds. The molecule has 0 bridgehead atoms. The molecule has 0 saturated carbocycles. The molecule has 0 aliphatic carbocycles. The number of methoxy groups -OCH3 is 1. The van der Waals surface area contributed by atoms with Crippen LogP contribution in [0, 0.1) is 0 Å². The fourth-order valence-electron chi connectivity index (χ4n) is 1.09. The Hall–Kier alpha value is -1.37. The number of nitrogens with zero attached hydrogens (tertiary/aromatic N) is 2. The molecule has 0 aliphatic heterocycles. The summed E-state index contributed by atoms with van der Waals surface area (Å²) in [5.41, 5.74) is 0. The summed E-state index contributed by atoms with van der Waals surface area (Å²) in [5, 5.41) is 2.91. The second-order valence-electron chi connectivity index (χ2n) is 3.03. The van der Waals surface area contributed by atoms with E-state index < -0.39 is 0 Å². The third-order valence-electron chi connectivity index (χ3n) is 1.82. The van der Waals surface area contributed by atoms with Gasteiger partial charge in [0.15, 0.2) is 0 Å². The van der Waals surface area contributed by atoms with Crippen molar-refractivity contribution < 1.29 is 14.3 Å². The smallest absolute Gasteiger partial charge is 0.307 e. The molecule has 0 fully saturated rings. The van der Waals surface area contributed by atoms with E-state index in [4.69, 9.17) is 9.47 Å². The first-order chi connectivity index (χ1) is 8.17. The van der Waals surface area contributed by atoms with Crippen molar-refractivity contribution in [3.05, 3.63) is 10.7 Å². The highest BCUT2D eigenvalue weighted by Crippen LogP contribution is 2.21. The first-order valence-electron chi connectivity index (χ1n) is 5.13. The average molecular weight is 304 g/mol. The van der Waals surface area contributed by atoms with Gasteiger partial charge in [0, 0.05) is 6.54 Å². The van der Waals surface area contributed by atoms with Gasteiger partial charge in [0.2, 0.25) is 11.8 Å². The normalized spacial score (nSPS) is 9.82. The summed E-state index contributed by atoms with van der Waals surface area (Å²) in [5.74, 6) is 0.608. The van der Waals surface area contributed by atoms with E-state index in [1.807, 2.05) is 0 Å². The van der Waals surface area contributed by atoms with E-state index in [1.54, 1.807) is 13.1 Å². The molecule has 0 aliphatic rings. The van der Waals surface area contributed by atoms with Crippen LogP contribution in [-0.4, -0.2) is 36.2 Å². The number of esters is 1. The summed E-state index contributed by atoms with van der Waals surface area (Å²) < 4.78 is 10.5. The van der Waals surface area contributed by atoms with Crippen LogP contribution in [-0.2, 0) is 9.53 Å². The monoisotopic (exact) mass is 303 g/mol. The maximum atomic E-state index is 11.1. The lowest BCUT2D eigenvalue weighted by atomic mass is 10.4. The number of hydrogen-bond donors (Lipinski definition) is 1. The number of hydrogen-bond acceptors (Lipinski definition) is 6. The first-order valence-corrected chi connectivity index (χ1v) is 5.92. The minimum absolute atomic E-state index is 0.246. The average Bonchev–Trinajstić information content (AvgIpc) is 2.31. The number of halogens is 1. The number of carbonyl (C=O) groups is 1. The highest BCUT2D eigenvalue weighted by Gasteiger charge is 2.06. The SMILES string of the molecule is CCOC(=O)CCNc1ncc(Br)c(OC)n1. The summed E-state index contributed by atoms with van der Waals surface area (Å²) in [6.45, 7) is 2.58. The number of aromatic nitrogens is 2. The van der Waals surface area contributed by atoms with Crippen molar-refractivity contribution in [3.8, 4) is 5.88 Å². The van der Waals surface area contributed by atoms with Gasteiger partial charge in [-0.15, -0.1) is 0 Å². The Labute approximate surface area is 108 Å². The fraction of sp³-hybridized carbons (Fsp3) is 0.500. The second-order valence-corrected chi connectivity index (χ2v) is 3.89. The molecule has 0 saturated heterocycles. The summed E-state index contributed by atoms with van der Waals surface area (Å²) in [4.78, 5) is 19.2. The Morgan fingerprint density at radius 1 is 1.59 bits per heavy atom. The van der Waals surface area contributed by atoms with E-state index in [-0.39, 0.29) is 12.4 Å². The summed E-state index contributed by atoms with van der Waals surface area (Å²) in [7, 11) is 1.52. The Balaban J connectivity index is 2.44. The molecule has 0 unspecified atom stereocenters. The highest BCUT2D eigenvalue weighted by atomic mass is 79.9. The van der Waals surface area contributed by atoms with Gasteiger partial charge in [-0.1, -0.05) is 0 Å². The lowest BCUT2D eigenvalue weighted by Crippen LogP contribution is -2.12. The molecule has 1 rings (SSSR count). The summed E-state index contributed by atoms with van der Waals surface area (Å²) in [6, 6.07) is 0. The van der Waals surface area contributed by atoms with Gasteiger partial charge in [-0.3, -0.25) is 4.79 Å². The van der Waals surface area contributed by atoms with Crippen molar-refractivity contribution in [2.24, 2.45) is 0 Å². The van der Waals surface area contributed by atoms with E-state index in [2.05, 4.69) is 31.2 Å². The van der Waals surface area contributed by atoms with Gasteiger partial charge < -0.3 is 14.8 Å². The standard InChI is InChI=1S/C10H14BrN3O3/c1-3-17-8(15)4-5-12-10-13-6-7(11)9(14-10)16-2/h6H,3-5H2,1-2H3,(H,12,13,14). The molecule has 7 heteroatoms. The van der Waals surface area contributed by atoms with Gasteiger partial charge in [0.1, 0.15) is 0 Å². The van der Waals surface area contributed by atoms with Gasteiger partial charge in [-0.2, -0.15) is 4.98 Å². The maximum absolute atomic E-state index is 11.1. The van der Waals surface area contributed by atoms with Gasteiger partial charge in [0.05, 0.1) is 30.8 Å². The third kappa shape index (κ3) is 4.56. The topological polar surface area (TPSA) is 73.3 Å². The third-order valence-corrected chi connectivity index (χ3v) is 2.37. The van der Waals surface area contributed by atoms with Crippen molar-refractivity contribution >= 4 is 27.8 Å². The molecule has 6 nitrogen and oxygen atoms in total. The zero-order valence-corrected chi connectivity index (χ0v) is 11.3. The summed E-state index contributed by atoms with van der Waals surface area (Å²) >= 11 is 3.25. The van der Waals surface area contributed by atoms with Crippen LogP contribution in [0.5, 0.6) is 5.88 Å². The fourth-order valence-corrected chi connectivity index (χ4v) is 1.44. The Morgan fingerprint density at radius 3 is 3.00 bits per heavy atom. The van der Waals surface area contributed by atoms with Crippen LogP contribution in [0.25, 0.3) is 0 Å². The van der Waals surface area contributed by atoms with Crippen molar-refractivity contribution in [2.75, 3.05) is 25.6 Å². The Kier molecular flexibility index (Phi) is 5.68. The van der Waals surface area contributed by atoms with Gasteiger partial charge in [-0.25, -0.2) is 4.98 Å². The summed E-state index contributed by atoms with van der Waals surface area (Å²) in [6.07, 6.45) is 1.86. The molecule has 0 aromatic carbocycles. The molecule has 0 radical (unpaired) electrons. The maximum Gasteiger partial charge on any atom is 0.307 e. The first kappa shape index (κ1) is 13.7. The molecule has 0 spiro atoms. The van der Waals surface area contributed by atoms with Crippen LogP contribution in [0.2, 0.25) is 0 Å². The molecule has 0 atom stereocenters. The number of nitrogens with one attached hydrogen (secondary N) is 1. The van der Waals surface area contributed by atoms with Crippen LogP contribution in [0.15, 0.2) is 10.7 Å². The lowest BCUT2D eigenvalue weighted by Gasteiger charge is -2.06. The minimum atomic E-state index is -0.246. The number of rotatable bonds is 6. The minimum Gasteiger partial charge on any atom is -0.480 e. The van der Waals surface area contributed by atoms with Gasteiger partial charge in [-0.05, 0) is 22.9 Å². The molecule has 1 N–H and O–H groups in total. The molecular weight excluding hydrogens is 290 g/mol. The number of carbonyl (C=O) groups excluding carboxylic acids is 1. The van der Waals surface area contributed by atoms with Crippen LogP contribution in [0.4, 0.5) is 5.95 Å². The zero-order valence-electron chi connectivity index (χ0n) is 9.70. The Bertz CT molecular complexity index is 387. The zero-order chi connectivity index (χ0) is 12.7. The van der Waals surface area contributed by atoms with Crippen molar-refractivity contribution in [3.63, 3.8) is 0 Å². The van der Waals surface area contributed by atoms with E-state index in [0.29, 0.717) is 29.5 Å². The molecule has 1 heterocycles. The van der Waals surface area contributed by atoms with Crippen LogP contribution in [0.1, 0.15) is 13.3 Å². The van der Waals surface area contributed by atoms with Gasteiger partial charge in [0.25, 0.3) is 0 Å². The highest BCUT2D eigenvalue weighted by molar-refractivity contribution is 9.10. The van der Waals surface area contributed by atoms with Crippen molar-refractivity contribution in [1.82, 2.24) is 9.97 Å². The van der Waals surface area contributed by atoms with Crippen LogP contribution >= 0.6 is 15.9 Å². The second kappa shape index (κ2) is 7.05. The number of ether oxygens (including phenoxy) is 2. The Morgan fingerprint density at radius 2 is 2.35 bits per heavy atom. The quantitative estimate of drug-likeness (QED) is 0.805.